The Morgan fingerprint density at radius 1 is 1.19 bits per heavy atom. The quantitative estimate of drug-likeness (QED) is 0.767. The van der Waals surface area contributed by atoms with Crippen molar-refractivity contribution in [3.63, 3.8) is 0 Å². The molecule has 0 bridgehead atoms. The number of rotatable bonds is 4. The van der Waals surface area contributed by atoms with Crippen molar-refractivity contribution < 1.29 is 27.8 Å². The predicted molar refractivity (Wildman–Crippen MR) is 73.7 cm³/mol. The van der Waals surface area contributed by atoms with Gasteiger partial charge in [0.05, 0.1) is 6.10 Å². The molecule has 1 heterocycles. The topological polar surface area (TPSA) is 117 Å². The molecule has 0 spiro atoms. The zero-order valence-corrected chi connectivity index (χ0v) is 12.7. The van der Waals surface area contributed by atoms with E-state index in [0.29, 0.717) is 25.7 Å². The lowest BCUT2D eigenvalue weighted by Crippen LogP contribution is -2.39. The van der Waals surface area contributed by atoms with E-state index in [2.05, 4.69) is 4.72 Å². The lowest BCUT2D eigenvalue weighted by atomic mass is 9.94. The molecule has 1 aliphatic carbocycles. The van der Waals surface area contributed by atoms with Crippen LogP contribution in [0.2, 0.25) is 0 Å². The first kappa shape index (κ1) is 16.0. The van der Waals surface area contributed by atoms with Gasteiger partial charge < -0.3 is 14.6 Å². The summed E-state index contributed by atoms with van der Waals surface area (Å²) in [6, 6.07) is -0.297. The highest BCUT2D eigenvalue weighted by atomic mass is 32.2. The second-order valence-electron chi connectivity index (χ2n) is 5.35. The third-order valence-electron chi connectivity index (χ3n) is 3.71. The van der Waals surface area contributed by atoms with Gasteiger partial charge in [0.2, 0.25) is 10.0 Å². The van der Waals surface area contributed by atoms with Crippen molar-refractivity contribution in [1.29, 1.82) is 0 Å². The second-order valence-corrected chi connectivity index (χ2v) is 7.00. The number of furan rings is 1. The molecule has 1 saturated carbocycles. The maximum absolute atomic E-state index is 12.4. The predicted octanol–water partition coefficient (Wildman–Crippen LogP) is 1.18. The Bertz CT molecular complexity index is 640. The van der Waals surface area contributed by atoms with Crippen LogP contribution in [0.15, 0.2) is 9.31 Å². The molecule has 1 aromatic rings. The van der Waals surface area contributed by atoms with Gasteiger partial charge in [-0.05, 0) is 39.5 Å². The Morgan fingerprint density at radius 3 is 2.29 bits per heavy atom. The molecule has 0 aromatic carbocycles. The maximum Gasteiger partial charge on any atom is 0.340 e. The van der Waals surface area contributed by atoms with Crippen molar-refractivity contribution >= 4 is 16.0 Å². The zero-order chi connectivity index (χ0) is 15.8. The van der Waals surface area contributed by atoms with Crippen molar-refractivity contribution in [1.82, 2.24) is 4.72 Å². The summed E-state index contributed by atoms with van der Waals surface area (Å²) < 4.78 is 32.6. The van der Waals surface area contributed by atoms with Crippen LogP contribution < -0.4 is 4.72 Å². The summed E-state index contributed by atoms with van der Waals surface area (Å²) >= 11 is 0. The lowest BCUT2D eigenvalue weighted by molar-refractivity contribution is 0.0691. The summed E-state index contributed by atoms with van der Waals surface area (Å²) in [5, 5.41) is 18.6. The molecule has 118 valence electrons. The molecular weight excluding hydrogens is 298 g/mol. The van der Waals surface area contributed by atoms with Gasteiger partial charge in [-0.25, -0.2) is 17.9 Å². The van der Waals surface area contributed by atoms with Gasteiger partial charge >= 0.3 is 5.97 Å². The minimum Gasteiger partial charge on any atom is -0.478 e. The largest absolute Gasteiger partial charge is 0.478 e. The first-order valence-electron chi connectivity index (χ1n) is 6.76. The van der Waals surface area contributed by atoms with Crippen molar-refractivity contribution in [2.24, 2.45) is 0 Å². The Labute approximate surface area is 123 Å². The highest BCUT2D eigenvalue weighted by Gasteiger charge is 2.33. The average Bonchev–Trinajstić information content (AvgIpc) is 2.67. The van der Waals surface area contributed by atoms with Crippen LogP contribution in [0.4, 0.5) is 0 Å². The van der Waals surface area contributed by atoms with Crippen LogP contribution in [0.1, 0.15) is 47.6 Å². The van der Waals surface area contributed by atoms with E-state index in [1.807, 2.05) is 0 Å². The molecule has 0 atom stereocenters. The molecule has 1 fully saturated rings. The van der Waals surface area contributed by atoms with Gasteiger partial charge in [-0.15, -0.1) is 0 Å². The number of carbonyl (C=O) groups is 1. The minimum absolute atomic E-state index is 0.0632. The summed E-state index contributed by atoms with van der Waals surface area (Å²) in [5.41, 5.74) is -0.323. The molecule has 7 nitrogen and oxygen atoms in total. The highest BCUT2D eigenvalue weighted by Crippen LogP contribution is 2.28. The monoisotopic (exact) mass is 317 g/mol. The fourth-order valence-electron chi connectivity index (χ4n) is 2.71. The van der Waals surface area contributed by atoms with E-state index in [0.717, 1.165) is 0 Å². The average molecular weight is 317 g/mol. The molecule has 0 saturated heterocycles. The van der Waals surface area contributed by atoms with Crippen LogP contribution in [0.3, 0.4) is 0 Å². The number of aliphatic hydroxyl groups is 1. The van der Waals surface area contributed by atoms with E-state index < -0.39 is 22.1 Å². The number of aryl methyl sites for hydroxylation is 2. The molecule has 2 rings (SSSR count). The fraction of sp³-hybridized carbons (Fsp3) is 0.615. The molecule has 8 heteroatoms. The Morgan fingerprint density at radius 2 is 1.76 bits per heavy atom. The van der Waals surface area contributed by atoms with E-state index in [1.165, 1.54) is 13.8 Å². The molecule has 1 aromatic heterocycles. The van der Waals surface area contributed by atoms with E-state index >= 15 is 0 Å². The van der Waals surface area contributed by atoms with E-state index in [1.54, 1.807) is 0 Å². The molecule has 0 unspecified atom stereocenters. The number of carboxylic acids is 1. The van der Waals surface area contributed by atoms with Crippen molar-refractivity contribution in [3.05, 3.63) is 17.1 Å². The van der Waals surface area contributed by atoms with Crippen molar-refractivity contribution in [2.75, 3.05) is 0 Å². The van der Waals surface area contributed by atoms with Crippen LogP contribution >= 0.6 is 0 Å². The number of aliphatic hydroxyl groups excluding tert-OH is 1. The van der Waals surface area contributed by atoms with Crippen LogP contribution in [0.25, 0.3) is 0 Å². The molecular formula is C13H19NO6S. The standard InChI is InChI=1S/C13H19NO6S/c1-7-11(13(16)17)12(8(2)20-7)21(18,19)14-9-3-5-10(15)6-4-9/h9-10,14-15H,3-6H2,1-2H3,(H,16,17). The summed E-state index contributed by atoms with van der Waals surface area (Å²) in [6.45, 7) is 2.85. The van der Waals surface area contributed by atoms with E-state index in [-0.39, 0.29) is 28.0 Å². The Hall–Kier alpha value is -1.38. The first-order valence-corrected chi connectivity index (χ1v) is 8.24. The van der Waals surface area contributed by atoms with Crippen LogP contribution in [-0.4, -0.2) is 36.7 Å². The Balaban J connectivity index is 2.30. The molecule has 0 amide bonds. The fourth-order valence-corrected chi connectivity index (χ4v) is 4.42. The smallest absolute Gasteiger partial charge is 0.340 e. The summed E-state index contributed by atoms with van der Waals surface area (Å²) in [4.78, 5) is 10.9. The van der Waals surface area contributed by atoms with Gasteiger partial charge in [0.15, 0.2) is 0 Å². The van der Waals surface area contributed by atoms with Gasteiger partial charge in [-0.2, -0.15) is 0 Å². The van der Waals surface area contributed by atoms with Crippen molar-refractivity contribution in [3.8, 4) is 0 Å². The minimum atomic E-state index is -3.97. The van der Waals surface area contributed by atoms with Crippen LogP contribution in [-0.2, 0) is 10.0 Å². The van der Waals surface area contributed by atoms with Gasteiger partial charge in [-0.3, -0.25) is 0 Å². The zero-order valence-electron chi connectivity index (χ0n) is 11.9. The van der Waals surface area contributed by atoms with Gasteiger partial charge in [0.1, 0.15) is 22.0 Å². The lowest BCUT2D eigenvalue weighted by Gasteiger charge is -2.25. The molecule has 0 aliphatic heterocycles. The van der Waals surface area contributed by atoms with Gasteiger partial charge in [0, 0.05) is 6.04 Å². The van der Waals surface area contributed by atoms with E-state index in [4.69, 9.17) is 4.42 Å². The number of hydrogen-bond donors (Lipinski definition) is 3. The van der Waals surface area contributed by atoms with E-state index in [9.17, 15) is 23.4 Å². The number of sulfonamides is 1. The third kappa shape index (κ3) is 3.28. The van der Waals surface area contributed by atoms with Crippen molar-refractivity contribution in [2.45, 2.75) is 56.6 Å². The number of aromatic carboxylic acids is 1. The third-order valence-corrected chi connectivity index (χ3v) is 5.38. The number of nitrogens with one attached hydrogen (secondary N) is 1. The second kappa shape index (κ2) is 5.78. The van der Waals surface area contributed by atoms with Gasteiger partial charge in [0.25, 0.3) is 0 Å². The van der Waals surface area contributed by atoms with Crippen LogP contribution in [0.5, 0.6) is 0 Å². The normalized spacial score (nSPS) is 23.2. The molecule has 1 aliphatic rings. The molecule has 0 radical (unpaired) electrons. The summed E-state index contributed by atoms with van der Waals surface area (Å²) in [7, 11) is -3.97. The maximum atomic E-state index is 12.4. The SMILES string of the molecule is Cc1oc(C)c(S(=O)(=O)NC2CCC(O)CC2)c1C(=O)O. The van der Waals surface area contributed by atoms with Crippen LogP contribution in [0, 0.1) is 13.8 Å². The van der Waals surface area contributed by atoms with Gasteiger partial charge in [-0.1, -0.05) is 0 Å². The number of carboxylic acid groups (broad SMARTS) is 1. The molecule has 21 heavy (non-hydrogen) atoms. The summed E-state index contributed by atoms with van der Waals surface area (Å²) in [5.74, 6) is -1.20. The Kier molecular flexibility index (Phi) is 4.40. The molecule has 3 N–H and O–H groups in total. The highest BCUT2D eigenvalue weighted by molar-refractivity contribution is 7.89. The first-order chi connectivity index (χ1) is 9.72. The summed E-state index contributed by atoms with van der Waals surface area (Å²) in [6.07, 6.45) is 1.72. The number of hydrogen-bond acceptors (Lipinski definition) is 5.